The molecule has 0 radical (unpaired) electrons. The molecule has 1 atom stereocenters. The van der Waals surface area contributed by atoms with Crippen LogP contribution in [0.3, 0.4) is 0 Å². The molecule has 0 aliphatic rings. The van der Waals surface area contributed by atoms with Crippen molar-refractivity contribution in [2.75, 3.05) is 11.9 Å². The Labute approximate surface area is 126 Å². The van der Waals surface area contributed by atoms with E-state index in [0.29, 0.717) is 0 Å². The van der Waals surface area contributed by atoms with Gasteiger partial charge in [0.2, 0.25) is 0 Å². The van der Waals surface area contributed by atoms with E-state index in [-0.39, 0.29) is 6.04 Å². The maximum Gasteiger partial charge on any atom is 0.0426 e. The summed E-state index contributed by atoms with van der Waals surface area (Å²) in [5.74, 6) is 0. The number of nitrogens with zero attached hydrogens (tertiary/aromatic N) is 1. The Morgan fingerprint density at radius 2 is 1.65 bits per heavy atom. The number of anilines is 1. The highest BCUT2D eigenvalue weighted by Gasteiger charge is 2.05. The van der Waals surface area contributed by atoms with E-state index in [9.17, 15) is 0 Å². The zero-order chi connectivity index (χ0) is 14.5. The molecule has 2 N–H and O–H groups in total. The molecule has 2 aromatic rings. The quantitative estimate of drug-likeness (QED) is 0.884. The Kier molecular flexibility index (Phi) is 5.05. The van der Waals surface area contributed by atoms with E-state index in [2.05, 4.69) is 55.3 Å². The molecular formula is C17H21ClN2. The zero-order valence-corrected chi connectivity index (χ0v) is 12.8. The second-order valence-corrected chi connectivity index (χ2v) is 5.53. The number of nitrogens with two attached hydrogens (primary N) is 1. The molecule has 0 aromatic heterocycles. The third-order valence-corrected chi connectivity index (χ3v) is 3.79. The van der Waals surface area contributed by atoms with Crippen LogP contribution in [0.5, 0.6) is 0 Å². The van der Waals surface area contributed by atoms with Crippen LogP contribution in [0.25, 0.3) is 0 Å². The summed E-state index contributed by atoms with van der Waals surface area (Å²) in [5.41, 5.74) is 9.65. The van der Waals surface area contributed by atoms with E-state index < -0.39 is 0 Å². The van der Waals surface area contributed by atoms with Crippen molar-refractivity contribution >= 4 is 17.3 Å². The van der Waals surface area contributed by atoms with E-state index in [0.717, 1.165) is 18.0 Å². The van der Waals surface area contributed by atoms with Crippen LogP contribution in [-0.4, -0.2) is 7.05 Å². The van der Waals surface area contributed by atoms with E-state index in [1.807, 2.05) is 12.1 Å². The first-order chi connectivity index (χ1) is 9.60. The van der Waals surface area contributed by atoms with Gasteiger partial charge in [-0.2, -0.15) is 0 Å². The Hall–Kier alpha value is -1.51. The fourth-order valence-corrected chi connectivity index (χ4v) is 2.29. The lowest BCUT2D eigenvalue weighted by Gasteiger charge is -2.20. The minimum atomic E-state index is 0.130. The SMILES string of the molecule is CC[C@H](N)c1ccc(N(C)Cc2ccc(Cl)cc2)cc1. The van der Waals surface area contributed by atoms with Crippen LogP contribution >= 0.6 is 11.6 Å². The lowest BCUT2D eigenvalue weighted by atomic mass is 10.1. The van der Waals surface area contributed by atoms with Gasteiger partial charge in [0.15, 0.2) is 0 Å². The molecule has 0 fully saturated rings. The first-order valence-electron chi connectivity index (χ1n) is 6.91. The molecule has 0 saturated heterocycles. The van der Waals surface area contributed by atoms with Crippen molar-refractivity contribution in [2.24, 2.45) is 5.73 Å². The predicted octanol–water partition coefficient (Wildman–Crippen LogP) is 4.39. The van der Waals surface area contributed by atoms with Gasteiger partial charge < -0.3 is 10.6 Å². The monoisotopic (exact) mass is 288 g/mol. The van der Waals surface area contributed by atoms with Crippen molar-refractivity contribution in [3.8, 4) is 0 Å². The summed E-state index contributed by atoms with van der Waals surface area (Å²) < 4.78 is 0. The lowest BCUT2D eigenvalue weighted by molar-refractivity contribution is 0.698. The summed E-state index contributed by atoms with van der Waals surface area (Å²) in [6.07, 6.45) is 0.958. The standard InChI is InChI=1S/C17H21ClN2/c1-3-17(19)14-6-10-16(11-7-14)20(2)12-13-4-8-15(18)9-5-13/h4-11,17H,3,12,19H2,1-2H3/t17-/m0/s1. The smallest absolute Gasteiger partial charge is 0.0426 e. The van der Waals surface area contributed by atoms with Gasteiger partial charge >= 0.3 is 0 Å². The summed E-state index contributed by atoms with van der Waals surface area (Å²) >= 11 is 5.90. The van der Waals surface area contributed by atoms with Gasteiger partial charge in [-0.15, -0.1) is 0 Å². The predicted molar refractivity (Wildman–Crippen MR) is 87.2 cm³/mol. The van der Waals surface area contributed by atoms with E-state index in [4.69, 9.17) is 17.3 Å². The average Bonchev–Trinajstić information content (AvgIpc) is 2.49. The molecule has 3 heteroatoms. The Morgan fingerprint density at radius 3 is 2.20 bits per heavy atom. The maximum absolute atomic E-state index is 6.03. The molecule has 20 heavy (non-hydrogen) atoms. The van der Waals surface area contributed by atoms with Gasteiger partial charge in [0.05, 0.1) is 0 Å². The molecule has 0 aliphatic carbocycles. The highest BCUT2D eigenvalue weighted by molar-refractivity contribution is 6.30. The second-order valence-electron chi connectivity index (χ2n) is 5.09. The van der Waals surface area contributed by atoms with Crippen molar-refractivity contribution in [1.82, 2.24) is 0 Å². The Morgan fingerprint density at radius 1 is 1.05 bits per heavy atom. The minimum Gasteiger partial charge on any atom is -0.370 e. The van der Waals surface area contributed by atoms with Crippen molar-refractivity contribution in [3.63, 3.8) is 0 Å². The van der Waals surface area contributed by atoms with E-state index in [1.165, 1.54) is 16.8 Å². The fraction of sp³-hybridized carbons (Fsp3) is 0.294. The largest absolute Gasteiger partial charge is 0.370 e. The van der Waals surface area contributed by atoms with E-state index >= 15 is 0 Å². The van der Waals surface area contributed by atoms with Crippen molar-refractivity contribution in [2.45, 2.75) is 25.9 Å². The molecule has 2 nitrogen and oxygen atoms in total. The lowest BCUT2D eigenvalue weighted by Crippen LogP contribution is -2.16. The first-order valence-corrected chi connectivity index (χ1v) is 7.29. The molecule has 106 valence electrons. The number of halogens is 1. The normalized spacial score (nSPS) is 12.2. The van der Waals surface area contributed by atoms with Crippen molar-refractivity contribution < 1.29 is 0 Å². The van der Waals surface area contributed by atoms with Crippen molar-refractivity contribution in [1.29, 1.82) is 0 Å². The van der Waals surface area contributed by atoms with Crippen molar-refractivity contribution in [3.05, 3.63) is 64.7 Å². The van der Waals surface area contributed by atoms with Gasteiger partial charge in [-0.3, -0.25) is 0 Å². The first kappa shape index (κ1) is 14.9. The van der Waals surface area contributed by atoms with Crippen LogP contribution in [0.1, 0.15) is 30.5 Å². The Bertz CT molecular complexity index is 534. The zero-order valence-electron chi connectivity index (χ0n) is 12.0. The average molecular weight is 289 g/mol. The van der Waals surface area contributed by atoms with Crippen LogP contribution in [-0.2, 0) is 6.54 Å². The molecular weight excluding hydrogens is 268 g/mol. The highest BCUT2D eigenvalue weighted by Crippen LogP contribution is 2.20. The number of hydrogen-bond donors (Lipinski definition) is 1. The second kappa shape index (κ2) is 6.78. The number of rotatable bonds is 5. The molecule has 0 saturated carbocycles. The van der Waals surface area contributed by atoms with Crippen LogP contribution in [0, 0.1) is 0 Å². The summed E-state index contributed by atoms with van der Waals surface area (Å²) in [7, 11) is 2.09. The molecule has 2 aromatic carbocycles. The van der Waals surface area contributed by atoms with Crippen LogP contribution in [0.4, 0.5) is 5.69 Å². The molecule has 0 unspecified atom stereocenters. The Balaban J connectivity index is 2.05. The fourth-order valence-electron chi connectivity index (χ4n) is 2.17. The van der Waals surface area contributed by atoms with E-state index in [1.54, 1.807) is 0 Å². The summed E-state index contributed by atoms with van der Waals surface area (Å²) in [4.78, 5) is 2.21. The third kappa shape index (κ3) is 3.75. The molecule has 0 bridgehead atoms. The van der Waals surface area contributed by atoms with Gasteiger partial charge in [-0.25, -0.2) is 0 Å². The number of benzene rings is 2. The number of hydrogen-bond acceptors (Lipinski definition) is 2. The molecule has 0 aliphatic heterocycles. The molecule has 2 rings (SSSR count). The molecule has 0 heterocycles. The topological polar surface area (TPSA) is 29.3 Å². The van der Waals surface area contributed by atoms with Gasteiger partial charge in [0.1, 0.15) is 0 Å². The molecule has 0 amide bonds. The third-order valence-electron chi connectivity index (χ3n) is 3.53. The van der Waals surface area contributed by atoms with Gasteiger partial charge in [0.25, 0.3) is 0 Å². The van der Waals surface area contributed by atoms with Gasteiger partial charge in [-0.05, 0) is 41.8 Å². The minimum absolute atomic E-state index is 0.130. The molecule has 0 spiro atoms. The summed E-state index contributed by atoms with van der Waals surface area (Å²) in [6, 6.07) is 16.6. The summed E-state index contributed by atoms with van der Waals surface area (Å²) in [5, 5.41) is 0.773. The van der Waals surface area contributed by atoms with Crippen LogP contribution in [0.2, 0.25) is 5.02 Å². The maximum atomic E-state index is 6.03. The van der Waals surface area contributed by atoms with Gasteiger partial charge in [-0.1, -0.05) is 42.8 Å². The van der Waals surface area contributed by atoms with Gasteiger partial charge in [0, 0.05) is 30.3 Å². The van der Waals surface area contributed by atoms with Crippen LogP contribution < -0.4 is 10.6 Å². The highest BCUT2D eigenvalue weighted by atomic mass is 35.5. The summed E-state index contributed by atoms with van der Waals surface area (Å²) in [6.45, 7) is 2.96. The van der Waals surface area contributed by atoms with Crippen LogP contribution in [0.15, 0.2) is 48.5 Å².